The fourth-order valence-corrected chi connectivity index (χ4v) is 5.56. The Labute approximate surface area is 201 Å². The van der Waals surface area contributed by atoms with Gasteiger partial charge in [0.15, 0.2) is 0 Å². The van der Waals surface area contributed by atoms with Crippen molar-refractivity contribution in [3.05, 3.63) is 75.8 Å². The molecule has 1 aromatic heterocycles. The number of hydrogen-bond donors (Lipinski definition) is 0. The van der Waals surface area contributed by atoms with Gasteiger partial charge in [-0.2, -0.15) is 0 Å². The first-order valence-corrected chi connectivity index (χ1v) is 12.5. The second-order valence-electron chi connectivity index (χ2n) is 6.86. The van der Waals surface area contributed by atoms with Crippen molar-refractivity contribution < 1.29 is 18.9 Å². The molecule has 7 heteroatoms. The zero-order valence-corrected chi connectivity index (χ0v) is 21.2. The normalized spacial score (nSPS) is 10.6. The number of nitrogens with zero attached hydrogens (tertiary/aromatic N) is 1. The van der Waals surface area contributed by atoms with Crippen molar-refractivity contribution in [2.75, 3.05) is 21.3 Å². The standard InChI is InChI=1S/C25H22BrNO4Se/c1-28-21-12-18(13-22(29-2)24(21)30-3)23-25(32-15-27-23)17-9-10-20(19(26)11-17)31-14-16-7-5-4-6-8-16/h4-13,15H,14H2,1-3H3. The molecule has 5 nitrogen and oxygen atoms in total. The Kier molecular flexibility index (Phi) is 7.20. The monoisotopic (exact) mass is 559 g/mol. The van der Waals surface area contributed by atoms with Gasteiger partial charge in [0.2, 0.25) is 0 Å². The molecule has 0 aliphatic rings. The van der Waals surface area contributed by atoms with E-state index in [1.165, 1.54) is 4.44 Å². The molecule has 4 aromatic rings. The molecule has 4 rings (SSSR count). The van der Waals surface area contributed by atoms with E-state index in [0.717, 1.165) is 32.6 Å². The van der Waals surface area contributed by atoms with Crippen LogP contribution in [0, 0.1) is 0 Å². The third-order valence-electron chi connectivity index (χ3n) is 4.94. The van der Waals surface area contributed by atoms with Gasteiger partial charge in [-0.05, 0) is 0 Å². The average Bonchev–Trinajstić information content (AvgIpc) is 3.33. The van der Waals surface area contributed by atoms with Crippen LogP contribution in [0.4, 0.5) is 0 Å². The molecule has 0 aliphatic carbocycles. The molecular formula is C25H22BrNO4Se. The molecule has 0 N–H and O–H groups in total. The summed E-state index contributed by atoms with van der Waals surface area (Å²) in [5, 5.41) is 1.98. The molecule has 1 heterocycles. The Balaban J connectivity index is 1.64. The van der Waals surface area contributed by atoms with Crippen molar-refractivity contribution in [1.82, 2.24) is 4.98 Å². The van der Waals surface area contributed by atoms with E-state index in [2.05, 4.69) is 45.2 Å². The van der Waals surface area contributed by atoms with Crippen LogP contribution in [0.5, 0.6) is 23.0 Å². The number of hydrogen-bond acceptors (Lipinski definition) is 5. The predicted octanol–water partition coefficient (Wildman–Crippen LogP) is 5.84. The van der Waals surface area contributed by atoms with Crippen molar-refractivity contribution in [3.63, 3.8) is 0 Å². The summed E-state index contributed by atoms with van der Waals surface area (Å²) in [6.45, 7) is 0.519. The Bertz CT molecular complexity index is 1180. The fraction of sp³-hybridized carbons (Fsp3) is 0.160. The van der Waals surface area contributed by atoms with Gasteiger partial charge in [0.05, 0.1) is 0 Å². The van der Waals surface area contributed by atoms with E-state index in [1.807, 2.05) is 41.5 Å². The van der Waals surface area contributed by atoms with Crippen LogP contribution in [0.15, 0.2) is 70.2 Å². The van der Waals surface area contributed by atoms with Crippen LogP contribution in [0.25, 0.3) is 21.3 Å². The number of benzene rings is 3. The zero-order valence-electron chi connectivity index (χ0n) is 17.9. The number of halogens is 1. The third kappa shape index (κ3) is 4.70. The van der Waals surface area contributed by atoms with Crippen LogP contribution < -0.4 is 18.9 Å². The van der Waals surface area contributed by atoms with E-state index in [-0.39, 0.29) is 14.5 Å². The van der Waals surface area contributed by atoms with Crippen LogP contribution in [-0.2, 0) is 6.61 Å². The summed E-state index contributed by atoms with van der Waals surface area (Å²) in [4.78, 5) is 4.68. The summed E-state index contributed by atoms with van der Waals surface area (Å²) in [6.07, 6.45) is 0. The second-order valence-corrected chi connectivity index (χ2v) is 9.51. The molecule has 0 saturated carbocycles. The van der Waals surface area contributed by atoms with E-state index in [4.69, 9.17) is 18.9 Å². The van der Waals surface area contributed by atoms with Crippen LogP contribution in [0.1, 0.15) is 5.56 Å². The maximum absolute atomic E-state index is 6.00. The molecule has 0 aliphatic heterocycles. The molecule has 0 atom stereocenters. The number of ether oxygens (including phenoxy) is 4. The van der Waals surface area contributed by atoms with Crippen molar-refractivity contribution in [2.24, 2.45) is 0 Å². The third-order valence-corrected chi connectivity index (χ3v) is 7.39. The first kappa shape index (κ1) is 22.5. The molecule has 0 spiro atoms. The second kappa shape index (κ2) is 10.3. The van der Waals surface area contributed by atoms with Gasteiger partial charge >= 0.3 is 202 Å². The maximum atomic E-state index is 6.00. The van der Waals surface area contributed by atoms with E-state index >= 15 is 0 Å². The zero-order chi connectivity index (χ0) is 22.5. The minimum absolute atomic E-state index is 0.113. The Morgan fingerprint density at radius 1 is 0.812 bits per heavy atom. The van der Waals surface area contributed by atoms with Gasteiger partial charge in [-0.1, -0.05) is 0 Å². The molecule has 0 saturated heterocycles. The van der Waals surface area contributed by atoms with Crippen molar-refractivity contribution in [3.8, 4) is 44.3 Å². The summed E-state index contributed by atoms with van der Waals surface area (Å²) in [6, 6.07) is 20.1. The van der Waals surface area contributed by atoms with Crippen LogP contribution >= 0.6 is 15.9 Å². The summed E-state index contributed by atoms with van der Waals surface area (Å²) in [5.41, 5.74) is 4.06. The van der Waals surface area contributed by atoms with Gasteiger partial charge in [0.25, 0.3) is 0 Å². The first-order chi connectivity index (χ1) is 15.6. The molecular weight excluding hydrogens is 537 g/mol. The van der Waals surface area contributed by atoms with Gasteiger partial charge in [-0.15, -0.1) is 0 Å². The molecule has 0 fully saturated rings. The average molecular weight is 559 g/mol. The van der Waals surface area contributed by atoms with Crippen LogP contribution in [-0.4, -0.2) is 40.8 Å². The van der Waals surface area contributed by atoms with Crippen LogP contribution in [0.3, 0.4) is 0 Å². The Morgan fingerprint density at radius 3 is 2.16 bits per heavy atom. The molecule has 0 bridgehead atoms. The van der Waals surface area contributed by atoms with Crippen molar-refractivity contribution in [2.45, 2.75) is 6.61 Å². The SMILES string of the molecule is COc1cc(-c2nc[se]c2-c2ccc(OCc3ccccc3)c(Br)c2)cc(OC)c1OC. The van der Waals surface area contributed by atoms with Crippen molar-refractivity contribution in [1.29, 1.82) is 0 Å². The van der Waals surface area contributed by atoms with Crippen LogP contribution in [0.2, 0.25) is 0 Å². The van der Waals surface area contributed by atoms with E-state index in [1.54, 1.807) is 21.3 Å². The summed E-state index contributed by atoms with van der Waals surface area (Å²) in [5.74, 6) is 2.58. The van der Waals surface area contributed by atoms with Gasteiger partial charge < -0.3 is 0 Å². The number of rotatable bonds is 8. The van der Waals surface area contributed by atoms with E-state index < -0.39 is 0 Å². The number of methoxy groups -OCH3 is 3. The van der Waals surface area contributed by atoms with Crippen molar-refractivity contribution >= 4 is 30.4 Å². The number of aromatic nitrogens is 1. The molecule has 0 radical (unpaired) electrons. The Morgan fingerprint density at radius 2 is 1.53 bits per heavy atom. The predicted molar refractivity (Wildman–Crippen MR) is 130 cm³/mol. The quantitative estimate of drug-likeness (QED) is 0.254. The molecule has 0 amide bonds. The topological polar surface area (TPSA) is 49.8 Å². The fourth-order valence-electron chi connectivity index (χ4n) is 3.37. The minimum atomic E-state index is 0.113. The van der Waals surface area contributed by atoms with Gasteiger partial charge in [-0.3, -0.25) is 0 Å². The summed E-state index contributed by atoms with van der Waals surface area (Å²) < 4.78 is 24.6. The summed E-state index contributed by atoms with van der Waals surface area (Å²) in [7, 11) is 4.83. The molecule has 3 aromatic carbocycles. The molecule has 164 valence electrons. The molecule has 0 unspecified atom stereocenters. The first-order valence-electron chi connectivity index (χ1n) is 9.85. The summed E-state index contributed by atoms with van der Waals surface area (Å²) >= 11 is 3.78. The Hall–Kier alpha value is -2.73. The van der Waals surface area contributed by atoms with E-state index in [9.17, 15) is 0 Å². The van der Waals surface area contributed by atoms with E-state index in [0.29, 0.717) is 23.9 Å². The van der Waals surface area contributed by atoms with Gasteiger partial charge in [-0.25, -0.2) is 0 Å². The van der Waals surface area contributed by atoms with Gasteiger partial charge in [0.1, 0.15) is 0 Å². The molecule has 32 heavy (non-hydrogen) atoms. The van der Waals surface area contributed by atoms with Gasteiger partial charge in [0, 0.05) is 0 Å².